The normalized spacial score (nSPS) is 17.6. The van der Waals surface area contributed by atoms with Gasteiger partial charge in [0.15, 0.2) is 5.82 Å². The monoisotopic (exact) mass is 300 g/mol. The fourth-order valence-electron chi connectivity index (χ4n) is 2.63. The van der Waals surface area contributed by atoms with E-state index in [0.29, 0.717) is 18.9 Å². The molecule has 0 unspecified atom stereocenters. The van der Waals surface area contributed by atoms with Crippen LogP contribution >= 0.6 is 0 Å². The van der Waals surface area contributed by atoms with Crippen LogP contribution in [0.1, 0.15) is 34.7 Å². The van der Waals surface area contributed by atoms with Gasteiger partial charge in [0.1, 0.15) is 0 Å². The first-order valence-corrected chi connectivity index (χ1v) is 7.54. The minimum absolute atomic E-state index is 0.0968. The van der Waals surface area contributed by atoms with Crippen molar-refractivity contribution in [2.75, 3.05) is 13.2 Å². The van der Waals surface area contributed by atoms with Crippen LogP contribution in [0.3, 0.4) is 0 Å². The summed E-state index contributed by atoms with van der Waals surface area (Å²) in [7, 11) is 0. The number of nitrogens with zero attached hydrogens (tertiary/aromatic N) is 3. The number of aromatic amines is 1. The first-order valence-electron chi connectivity index (χ1n) is 7.54. The van der Waals surface area contributed by atoms with E-state index in [1.54, 1.807) is 23.5 Å². The van der Waals surface area contributed by atoms with Gasteiger partial charge in [0.2, 0.25) is 0 Å². The van der Waals surface area contributed by atoms with Gasteiger partial charge >= 0.3 is 0 Å². The highest BCUT2D eigenvalue weighted by Crippen LogP contribution is 2.16. The zero-order valence-corrected chi connectivity index (χ0v) is 12.7. The van der Waals surface area contributed by atoms with Gasteiger partial charge in [0, 0.05) is 44.0 Å². The Morgan fingerprint density at radius 1 is 1.45 bits per heavy atom. The molecule has 1 aliphatic heterocycles. The predicted octanol–water partition coefficient (Wildman–Crippen LogP) is 1.93. The predicted molar refractivity (Wildman–Crippen MR) is 81.3 cm³/mol. The van der Waals surface area contributed by atoms with Crippen LogP contribution in [0.5, 0.6) is 0 Å². The highest BCUT2D eigenvalue weighted by Gasteiger charge is 2.25. The Balaban J connectivity index is 1.76. The molecule has 1 N–H and O–H groups in total. The summed E-state index contributed by atoms with van der Waals surface area (Å²) in [6.07, 6.45) is 7.31. The van der Waals surface area contributed by atoms with Crippen molar-refractivity contribution in [2.24, 2.45) is 0 Å². The number of carbonyl (C=O) groups is 1. The molecule has 0 bridgehead atoms. The van der Waals surface area contributed by atoms with Crippen molar-refractivity contribution in [1.29, 1.82) is 0 Å². The van der Waals surface area contributed by atoms with Crippen LogP contribution in [-0.4, -0.2) is 45.0 Å². The van der Waals surface area contributed by atoms with Crippen molar-refractivity contribution in [1.82, 2.24) is 19.9 Å². The lowest BCUT2D eigenvalue weighted by Crippen LogP contribution is -2.37. The zero-order chi connectivity index (χ0) is 15.4. The van der Waals surface area contributed by atoms with Crippen LogP contribution in [0, 0.1) is 6.92 Å². The molecule has 22 heavy (non-hydrogen) atoms. The van der Waals surface area contributed by atoms with E-state index in [4.69, 9.17) is 4.74 Å². The molecule has 2 aromatic rings. The summed E-state index contributed by atoms with van der Waals surface area (Å²) in [4.78, 5) is 25.7. The summed E-state index contributed by atoms with van der Waals surface area (Å²) < 4.78 is 5.68. The second-order valence-electron chi connectivity index (χ2n) is 5.59. The molecular formula is C16H20N4O2. The molecule has 3 heterocycles. The molecule has 6 nitrogen and oxygen atoms in total. The Morgan fingerprint density at radius 2 is 2.27 bits per heavy atom. The molecule has 116 valence electrons. The third-order valence-electron chi connectivity index (χ3n) is 3.76. The Morgan fingerprint density at radius 3 is 2.91 bits per heavy atom. The van der Waals surface area contributed by atoms with E-state index in [1.807, 2.05) is 19.1 Å². The number of amides is 1. The van der Waals surface area contributed by atoms with E-state index in [9.17, 15) is 4.79 Å². The van der Waals surface area contributed by atoms with Crippen molar-refractivity contribution in [3.8, 4) is 0 Å². The third-order valence-corrected chi connectivity index (χ3v) is 3.76. The van der Waals surface area contributed by atoms with E-state index in [2.05, 4.69) is 15.0 Å². The molecule has 6 heteroatoms. The number of carbonyl (C=O) groups excluding carboxylic acids is 1. The first-order chi connectivity index (χ1) is 10.7. The topological polar surface area (TPSA) is 71.1 Å². The largest absolute Gasteiger partial charge is 0.376 e. The third kappa shape index (κ3) is 3.51. The maximum absolute atomic E-state index is 12.7. The number of H-pyrrole nitrogens is 1. The maximum atomic E-state index is 12.7. The highest BCUT2D eigenvalue weighted by atomic mass is 16.5. The van der Waals surface area contributed by atoms with Gasteiger partial charge in [-0.1, -0.05) is 0 Å². The number of imidazole rings is 1. The lowest BCUT2D eigenvalue weighted by atomic mass is 10.2. The molecular weight excluding hydrogens is 280 g/mol. The molecule has 0 aromatic carbocycles. The van der Waals surface area contributed by atoms with Crippen LogP contribution in [-0.2, 0) is 11.3 Å². The molecule has 1 aliphatic rings. The molecule has 0 spiro atoms. The van der Waals surface area contributed by atoms with Crippen molar-refractivity contribution in [3.63, 3.8) is 0 Å². The molecule has 0 saturated carbocycles. The quantitative estimate of drug-likeness (QED) is 0.916. The van der Waals surface area contributed by atoms with Crippen LogP contribution in [0.4, 0.5) is 0 Å². The van der Waals surface area contributed by atoms with E-state index < -0.39 is 0 Å². The fourth-order valence-corrected chi connectivity index (χ4v) is 2.63. The van der Waals surface area contributed by atoms with Gasteiger partial charge in [-0.05, 0) is 37.5 Å². The average molecular weight is 300 g/mol. The summed E-state index contributed by atoms with van der Waals surface area (Å²) >= 11 is 0. The Hall–Kier alpha value is -2.21. The fraction of sp³-hybridized carbons (Fsp3) is 0.438. The van der Waals surface area contributed by atoms with E-state index in [-0.39, 0.29) is 12.0 Å². The van der Waals surface area contributed by atoms with Crippen molar-refractivity contribution in [3.05, 3.63) is 47.8 Å². The van der Waals surface area contributed by atoms with Gasteiger partial charge < -0.3 is 14.6 Å². The number of aromatic nitrogens is 3. The molecule has 1 amide bonds. The molecule has 3 rings (SSSR count). The summed E-state index contributed by atoms with van der Waals surface area (Å²) in [6, 6.07) is 3.84. The Labute approximate surface area is 129 Å². The average Bonchev–Trinajstić information content (AvgIpc) is 3.18. The molecule has 1 atom stereocenters. The highest BCUT2D eigenvalue weighted by molar-refractivity contribution is 5.90. The van der Waals surface area contributed by atoms with Gasteiger partial charge in [-0.15, -0.1) is 0 Å². The minimum Gasteiger partial charge on any atom is -0.376 e. The van der Waals surface area contributed by atoms with Gasteiger partial charge in [0.25, 0.3) is 5.91 Å². The maximum Gasteiger partial charge on any atom is 0.290 e. The second kappa shape index (κ2) is 6.70. The second-order valence-corrected chi connectivity index (χ2v) is 5.59. The van der Waals surface area contributed by atoms with Gasteiger partial charge in [-0.2, -0.15) is 0 Å². The van der Waals surface area contributed by atoms with Crippen molar-refractivity contribution < 1.29 is 9.53 Å². The summed E-state index contributed by atoms with van der Waals surface area (Å²) in [5, 5.41) is 0. The van der Waals surface area contributed by atoms with Crippen molar-refractivity contribution >= 4 is 5.91 Å². The number of ether oxygens (including phenoxy) is 1. The number of nitrogens with one attached hydrogen (secondary N) is 1. The van der Waals surface area contributed by atoms with Gasteiger partial charge in [0.05, 0.1) is 6.10 Å². The van der Waals surface area contributed by atoms with Gasteiger partial charge in [-0.3, -0.25) is 9.78 Å². The number of hydrogen-bond donors (Lipinski definition) is 1. The summed E-state index contributed by atoms with van der Waals surface area (Å²) in [5.41, 5.74) is 1.92. The summed E-state index contributed by atoms with van der Waals surface area (Å²) in [6.45, 7) is 3.78. The van der Waals surface area contributed by atoms with E-state index in [1.165, 1.54) is 0 Å². The molecule has 1 fully saturated rings. The first kappa shape index (κ1) is 14.7. The lowest BCUT2D eigenvalue weighted by molar-refractivity contribution is 0.0499. The Bertz CT molecular complexity index is 620. The number of hydrogen-bond acceptors (Lipinski definition) is 4. The van der Waals surface area contributed by atoms with Crippen LogP contribution < -0.4 is 0 Å². The number of aryl methyl sites for hydroxylation is 1. The van der Waals surface area contributed by atoms with Crippen LogP contribution in [0.25, 0.3) is 0 Å². The van der Waals surface area contributed by atoms with E-state index >= 15 is 0 Å². The van der Waals surface area contributed by atoms with Gasteiger partial charge in [-0.25, -0.2) is 4.98 Å². The molecule has 1 saturated heterocycles. The number of pyridine rings is 1. The standard InChI is InChI=1S/C16H20N4O2/c1-12-9-18-15(19-12)16(21)20(11-14-3-2-8-22-14)10-13-4-6-17-7-5-13/h4-7,9,14H,2-3,8,10-11H2,1H3,(H,18,19)/t14-/m1/s1. The van der Waals surface area contributed by atoms with Crippen LogP contribution in [0.15, 0.2) is 30.7 Å². The summed E-state index contributed by atoms with van der Waals surface area (Å²) in [5.74, 6) is 0.282. The Kier molecular flexibility index (Phi) is 4.48. The molecule has 0 radical (unpaired) electrons. The van der Waals surface area contributed by atoms with Crippen molar-refractivity contribution in [2.45, 2.75) is 32.4 Å². The smallest absolute Gasteiger partial charge is 0.290 e. The lowest BCUT2D eigenvalue weighted by Gasteiger charge is -2.24. The number of rotatable bonds is 5. The van der Waals surface area contributed by atoms with E-state index in [0.717, 1.165) is 30.7 Å². The van der Waals surface area contributed by atoms with Crippen LogP contribution in [0.2, 0.25) is 0 Å². The molecule has 0 aliphatic carbocycles. The SMILES string of the molecule is Cc1cnc(C(=O)N(Cc2ccncc2)C[C@H]2CCCO2)[nH]1. The molecule has 2 aromatic heterocycles. The minimum atomic E-state index is -0.0968. The zero-order valence-electron chi connectivity index (χ0n) is 12.7.